The van der Waals surface area contributed by atoms with Crippen LogP contribution in [0.1, 0.15) is 34.4 Å². The van der Waals surface area contributed by atoms with E-state index in [1.54, 1.807) is 29.7 Å². The Morgan fingerprint density at radius 3 is 2.85 bits per heavy atom. The van der Waals surface area contributed by atoms with E-state index in [9.17, 15) is 9.59 Å². The van der Waals surface area contributed by atoms with E-state index >= 15 is 0 Å². The van der Waals surface area contributed by atoms with E-state index in [1.165, 1.54) is 22.3 Å². The zero-order valence-corrected chi connectivity index (χ0v) is 19.6. The Morgan fingerprint density at radius 1 is 1.21 bits per heavy atom. The average Bonchev–Trinajstić information content (AvgIpc) is 3.22. The predicted octanol–water partition coefficient (Wildman–Crippen LogP) is 4.54. The Morgan fingerprint density at radius 2 is 2.03 bits per heavy atom. The Balaban J connectivity index is 1.23. The number of benzene rings is 2. The molecule has 5 rings (SSSR count). The van der Waals surface area contributed by atoms with Crippen molar-refractivity contribution in [3.63, 3.8) is 0 Å². The first kappa shape index (κ1) is 22.0. The maximum atomic E-state index is 13.0. The number of aromatic nitrogens is 2. The Kier molecular flexibility index (Phi) is 6.22. The minimum atomic E-state index is -0.228. The molecular formula is C26H24N4O3S. The third-order valence-electron chi connectivity index (χ3n) is 5.74. The summed E-state index contributed by atoms with van der Waals surface area (Å²) in [5.41, 5.74) is 3.65. The van der Waals surface area contributed by atoms with Crippen LogP contribution in [0.25, 0.3) is 10.2 Å². The van der Waals surface area contributed by atoms with Crippen LogP contribution in [-0.2, 0) is 17.6 Å². The van der Waals surface area contributed by atoms with Gasteiger partial charge in [0.05, 0.1) is 11.6 Å². The highest BCUT2D eigenvalue weighted by molar-refractivity contribution is 7.18. The number of fused-ring (bicyclic) bond motifs is 3. The second kappa shape index (κ2) is 9.61. The van der Waals surface area contributed by atoms with Crippen molar-refractivity contribution in [2.45, 2.75) is 32.6 Å². The highest BCUT2D eigenvalue weighted by Gasteiger charge is 2.19. The lowest BCUT2D eigenvalue weighted by Crippen LogP contribution is -2.20. The molecule has 1 amide bonds. The van der Waals surface area contributed by atoms with Crippen molar-refractivity contribution < 1.29 is 9.53 Å². The lowest BCUT2D eigenvalue weighted by molar-refractivity contribution is -0.118. The molecule has 2 heterocycles. The zero-order chi connectivity index (χ0) is 23.5. The van der Waals surface area contributed by atoms with E-state index in [2.05, 4.69) is 15.4 Å². The third kappa shape index (κ3) is 4.77. The Bertz CT molecular complexity index is 1440. The summed E-state index contributed by atoms with van der Waals surface area (Å²) in [7, 11) is 0. The van der Waals surface area contributed by atoms with Crippen LogP contribution in [0, 0.1) is 6.92 Å². The second-order valence-corrected chi connectivity index (χ2v) is 9.39. The van der Waals surface area contributed by atoms with E-state index in [1.807, 2.05) is 43.3 Å². The maximum absolute atomic E-state index is 13.0. The minimum Gasteiger partial charge on any atom is -0.484 e. The molecule has 0 atom stereocenters. The number of amides is 1. The SMILES string of the molecule is Cc1cccc(NC(=O)COc2ccc(/C=N/n3cnc4sc5c(c4c3=O)CCCC5)cc2)c1. The van der Waals surface area contributed by atoms with Crippen LogP contribution in [0.2, 0.25) is 0 Å². The van der Waals surface area contributed by atoms with Crippen molar-refractivity contribution >= 4 is 39.4 Å². The number of hydrogen-bond donors (Lipinski definition) is 1. The van der Waals surface area contributed by atoms with E-state index in [0.29, 0.717) is 11.1 Å². The number of nitrogens with zero attached hydrogens (tertiary/aromatic N) is 3. The molecule has 0 fully saturated rings. The molecule has 4 aromatic rings. The largest absolute Gasteiger partial charge is 0.484 e. The molecule has 0 bridgehead atoms. The number of thiophene rings is 1. The molecule has 0 spiro atoms. The van der Waals surface area contributed by atoms with Crippen LogP contribution in [0.4, 0.5) is 5.69 Å². The molecule has 1 N–H and O–H groups in total. The van der Waals surface area contributed by atoms with Gasteiger partial charge in [0.1, 0.15) is 16.9 Å². The Hall–Kier alpha value is -3.78. The summed E-state index contributed by atoms with van der Waals surface area (Å²) >= 11 is 1.63. The number of nitrogens with one attached hydrogen (secondary N) is 1. The first-order valence-corrected chi connectivity index (χ1v) is 12.0. The summed E-state index contributed by atoms with van der Waals surface area (Å²) in [6, 6.07) is 14.8. The molecule has 8 heteroatoms. The van der Waals surface area contributed by atoms with Crippen LogP contribution in [0.15, 0.2) is 64.8 Å². The minimum absolute atomic E-state index is 0.0899. The van der Waals surface area contributed by atoms with Crippen LogP contribution in [0.3, 0.4) is 0 Å². The van der Waals surface area contributed by atoms with Gasteiger partial charge in [0.25, 0.3) is 11.5 Å². The molecular weight excluding hydrogens is 448 g/mol. The topological polar surface area (TPSA) is 85.6 Å². The second-order valence-electron chi connectivity index (χ2n) is 8.31. The fourth-order valence-corrected chi connectivity index (χ4v) is 5.29. The van der Waals surface area contributed by atoms with Gasteiger partial charge in [0.15, 0.2) is 6.61 Å². The molecule has 1 aliphatic carbocycles. The van der Waals surface area contributed by atoms with E-state index in [4.69, 9.17) is 4.74 Å². The first-order chi connectivity index (χ1) is 16.6. The molecule has 2 aromatic carbocycles. The van der Waals surface area contributed by atoms with Gasteiger partial charge in [0, 0.05) is 10.6 Å². The summed E-state index contributed by atoms with van der Waals surface area (Å²) in [6.07, 6.45) is 7.34. The molecule has 172 valence electrons. The third-order valence-corrected chi connectivity index (χ3v) is 6.94. The fraction of sp³-hybridized carbons (Fsp3) is 0.231. The van der Waals surface area contributed by atoms with Gasteiger partial charge in [-0.25, -0.2) is 4.98 Å². The molecule has 1 aliphatic rings. The smallest absolute Gasteiger partial charge is 0.282 e. The van der Waals surface area contributed by atoms with Gasteiger partial charge in [-0.15, -0.1) is 11.3 Å². The van der Waals surface area contributed by atoms with E-state index < -0.39 is 0 Å². The summed E-state index contributed by atoms with van der Waals surface area (Å²) in [6.45, 7) is 1.88. The summed E-state index contributed by atoms with van der Waals surface area (Å²) in [4.78, 5) is 31.7. The van der Waals surface area contributed by atoms with Crippen LogP contribution in [0.5, 0.6) is 5.75 Å². The van der Waals surface area contributed by atoms with Crippen molar-refractivity contribution in [1.82, 2.24) is 9.66 Å². The first-order valence-electron chi connectivity index (χ1n) is 11.2. The maximum Gasteiger partial charge on any atom is 0.282 e. The van der Waals surface area contributed by atoms with E-state index in [-0.39, 0.29) is 18.1 Å². The number of carbonyl (C=O) groups is 1. The lowest BCUT2D eigenvalue weighted by Gasteiger charge is -2.09. The van der Waals surface area contributed by atoms with Crippen LogP contribution < -0.4 is 15.6 Å². The normalized spacial score (nSPS) is 13.2. The fourth-order valence-electron chi connectivity index (χ4n) is 4.07. The van der Waals surface area contributed by atoms with Gasteiger partial charge < -0.3 is 10.1 Å². The van der Waals surface area contributed by atoms with Gasteiger partial charge in [-0.05, 0) is 85.7 Å². The number of aryl methyl sites for hydroxylation is 3. The molecule has 0 saturated heterocycles. The van der Waals surface area contributed by atoms with E-state index in [0.717, 1.165) is 46.5 Å². The zero-order valence-electron chi connectivity index (χ0n) is 18.8. The summed E-state index contributed by atoms with van der Waals surface area (Å²) < 4.78 is 6.87. The molecule has 0 radical (unpaired) electrons. The predicted molar refractivity (Wildman–Crippen MR) is 135 cm³/mol. The molecule has 0 aliphatic heterocycles. The van der Waals surface area contributed by atoms with Crippen molar-refractivity contribution in [3.05, 3.63) is 86.8 Å². The van der Waals surface area contributed by atoms with Crippen molar-refractivity contribution in [2.75, 3.05) is 11.9 Å². The van der Waals surface area contributed by atoms with Crippen molar-refractivity contribution in [3.8, 4) is 5.75 Å². The summed E-state index contributed by atoms with van der Waals surface area (Å²) in [5, 5.41) is 7.86. The monoisotopic (exact) mass is 472 g/mol. The number of hydrogen-bond acceptors (Lipinski definition) is 6. The lowest BCUT2D eigenvalue weighted by atomic mass is 9.97. The Labute approximate surface area is 200 Å². The van der Waals surface area contributed by atoms with Gasteiger partial charge in [0.2, 0.25) is 0 Å². The number of rotatable bonds is 6. The molecule has 0 saturated carbocycles. The number of carbonyl (C=O) groups excluding carboxylic acids is 1. The highest BCUT2D eigenvalue weighted by atomic mass is 32.1. The quantitative estimate of drug-likeness (QED) is 0.418. The van der Waals surface area contributed by atoms with Gasteiger partial charge in [-0.3, -0.25) is 9.59 Å². The van der Waals surface area contributed by atoms with Crippen molar-refractivity contribution in [2.24, 2.45) is 5.10 Å². The highest BCUT2D eigenvalue weighted by Crippen LogP contribution is 2.33. The number of ether oxygens (including phenoxy) is 1. The molecule has 0 unspecified atom stereocenters. The van der Waals surface area contributed by atoms with Gasteiger partial charge in [-0.1, -0.05) is 12.1 Å². The van der Waals surface area contributed by atoms with Gasteiger partial charge in [-0.2, -0.15) is 9.78 Å². The molecule has 34 heavy (non-hydrogen) atoms. The van der Waals surface area contributed by atoms with Crippen molar-refractivity contribution in [1.29, 1.82) is 0 Å². The van der Waals surface area contributed by atoms with Gasteiger partial charge >= 0.3 is 0 Å². The van der Waals surface area contributed by atoms with Crippen LogP contribution >= 0.6 is 11.3 Å². The molecule has 2 aromatic heterocycles. The molecule has 7 nitrogen and oxygen atoms in total. The standard InChI is InChI=1S/C26H24N4O3S/c1-17-5-4-6-19(13-17)29-23(31)15-33-20-11-9-18(10-12-20)14-28-30-16-27-25-24(26(30)32)21-7-2-3-8-22(21)34-25/h4-6,9-14,16H,2-3,7-8,15H2,1H3,(H,29,31)/b28-14+. The summed E-state index contributed by atoms with van der Waals surface area (Å²) in [5.74, 6) is 0.343. The average molecular weight is 473 g/mol. The van der Waals surface area contributed by atoms with Crippen LogP contribution in [-0.4, -0.2) is 28.4 Å². The number of anilines is 1.